The van der Waals surface area contributed by atoms with E-state index < -0.39 is 29.2 Å². The van der Waals surface area contributed by atoms with Gasteiger partial charge in [-0.1, -0.05) is 0 Å². The Morgan fingerprint density at radius 1 is 1.26 bits per heavy atom. The molecule has 0 heterocycles. The first-order chi connectivity index (χ1) is 8.75. The minimum absolute atomic E-state index is 0.199. The fraction of sp³-hybridized carbons (Fsp3) is 0.333. The Kier molecular flexibility index (Phi) is 4.52. The third-order valence-electron chi connectivity index (χ3n) is 2.41. The average Bonchev–Trinajstić information content (AvgIpc) is 2.34. The minimum atomic E-state index is -4.59. The van der Waals surface area contributed by atoms with Crippen molar-refractivity contribution in [3.05, 3.63) is 29.3 Å². The van der Waals surface area contributed by atoms with E-state index in [-0.39, 0.29) is 18.4 Å². The van der Waals surface area contributed by atoms with Crippen LogP contribution in [0.5, 0.6) is 5.75 Å². The lowest BCUT2D eigenvalue weighted by Crippen LogP contribution is -2.08. The van der Waals surface area contributed by atoms with Gasteiger partial charge < -0.3 is 9.84 Å². The fourth-order valence-corrected chi connectivity index (χ4v) is 1.40. The second-order valence-electron chi connectivity index (χ2n) is 3.73. The van der Waals surface area contributed by atoms with Gasteiger partial charge in [0.05, 0.1) is 24.7 Å². The topological polar surface area (TPSA) is 63.6 Å². The van der Waals surface area contributed by atoms with Crippen molar-refractivity contribution in [3.63, 3.8) is 0 Å². The molecule has 0 aliphatic rings. The Morgan fingerprint density at radius 3 is 2.37 bits per heavy atom. The number of hydrogen-bond acceptors (Lipinski definition) is 4. The van der Waals surface area contributed by atoms with Gasteiger partial charge in [-0.3, -0.25) is 9.59 Å². The molecule has 0 saturated heterocycles. The van der Waals surface area contributed by atoms with Crippen LogP contribution in [0.2, 0.25) is 0 Å². The number of rotatable bonds is 4. The van der Waals surface area contributed by atoms with Crippen LogP contribution in [0.3, 0.4) is 0 Å². The highest BCUT2D eigenvalue weighted by Gasteiger charge is 2.31. The number of ether oxygens (including phenoxy) is 1. The van der Waals surface area contributed by atoms with Crippen LogP contribution in [0.25, 0.3) is 0 Å². The van der Waals surface area contributed by atoms with Crippen LogP contribution < -0.4 is 0 Å². The van der Waals surface area contributed by atoms with Crippen LogP contribution >= 0.6 is 0 Å². The lowest BCUT2D eigenvalue weighted by atomic mass is 10.0. The van der Waals surface area contributed by atoms with Crippen molar-refractivity contribution in [3.8, 4) is 5.75 Å². The van der Waals surface area contributed by atoms with Gasteiger partial charge in [-0.15, -0.1) is 0 Å². The first kappa shape index (κ1) is 15.0. The molecule has 4 nitrogen and oxygen atoms in total. The van der Waals surface area contributed by atoms with Crippen LogP contribution in [-0.4, -0.2) is 24.0 Å². The molecule has 0 unspecified atom stereocenters. The molecule has 0 atom stereocenters. The normalized spacial score (nSPS) is 11.2. The van der Waals surface area contributed by atoms with Crippen molar-refractivity contribution in [1.29, 1.82) is 0 Å². The number of aromatic hydroxyl groups is 1. The largest absolute Gasteiger partial charge is 0.507 e. The van der Waals surface area contributed by atoms with Crippen LogP contribution in [0, 0.1) is 0 Å². The Morgan fingerprint density at radius 2 is 1.89 bits per heavy atom. The van der Waals surface area contributed by atoms with Crippen molar-refractivity contribution >= 4 is 11.8 Å². The zero-order valence-corrected chi connectivity index (χ0v) is 9.95. The zero-order chi connectivity index (χ0) is 14.6. The summed E-state index contributed by atoms with van der Waals surface area (Å²) in [6.07, 6.45) is -5.04. The molecule has 0 aromatic heterocycles. The third-order valence-corrected chi connectivity index (χ3v) is 2.41. The number of ketones is 1. The van der Waals surface area contributed by atoms with E-state index in [1.54, 1.807) is 0 Å². The Labute approximate surface area is 106 Å². The second kappa shape index (κ2) is 5.73. The lowest BCUT2D eigenvalue weighted by molar-refractivity contribution is -0.140. The predicted octanol–water partition coefficient (Wildman–Crippen LogP) is 2.55. The number of methoxy groups -OCH3 is 1. The van der Waals surface area contributed by atoms with Gasteiger partial charge in [0.15, 0.2) is 5.78 Å². The molecule has 1 rings (SSSR count). The van der Waals surface area contributed by atoms with E-state index in [1.165, 1.54) is 0 Å². The molecule has 0 spiro atoms. The minimum Gasteiger partial charge on any atom is -0.507 e. The first-order valence-electron chi connectivity index (χ1n) is 5.26. The summed E-state index contributed by atoms with van der Waals surface area (Å²) in [5, 5.41) is 9.41. The molecule has 1 aromatic carbocycles. The quantitative estimate of drug-likeness (QED) is 0.678. The molecule has 0 amide bonds. The molecule has 0 aliphatic carbocycles. The van der Waals surface area contributed by atoms with Gasteiger partial charge in [0.1, 0.15) is 5.75 Å². The molecule has 0 fully saturated rings. The van der Waals surface area contributed by atoms with Gasteiger partial charge >= 0.3 is 12.1 Å². The molecular weight excluding hydrogens is 265 g/mol. The highest BCUT2D eigenvalue weighted by Crippen LogP contribution is 2.33. The summed E-state index contributed by atoms with van der Waals surface area (Å²) in [5.41, 5.74) is -1.30. The zero-order valence-electron chi connectivity index (χ0n) is 9.95. The van der Waals surface area contributed by atoms with E-state index in [0.29, 0.717) is 12.1 Å². The van der Waals surface area contributed by atoms with Gasteiger partial charge in [0.2, 0.25) is 0 Å². The number of phenols is 1. The predicted molar refractivity (Wildman–Crippen MR) is 58.7 cm³/mol. The van der Waals surface area contributed by atoms with Gasteiger partial charge in [-0.2, -0.15) is 13.2 Å². The first-order valence-corrected chi connectivity index (χ1v) is 5.26. The molecule has 104 valence electrons. The summed E-state index contributed by atoms with van der Waals surface area (Å²) in [6.45, 7) is 0. The number of Topliss-reactive ketones (excluding diaryl/α,β-unsaturated/α-hetero) is 1. The number of carbonyl (C=O) groups is 2. The van der Waals surface area contributed by atoms with E-state index in [9.17, 15) is 27.9 Å². The summed E-state index contributed by atoms with van der Waals surface area (Å²) >= 11 is 0. The molecule has 1 aromatic rings. The summed E-state index contributed by atoms with van der Waals surface area (Å²) in [4.78, 5) is 22.4. The fourth-order valence-electron chi connectivity index (χ4n) is 1.40. The third kappa shape index (κ3) is 3.97. The molecule has 0 saturated carbocycles. The summed E-state index contributed by atoms with van der Waals surface area (Å²) < 4.78 is 41.4. The monoisotopic (exact) mass is 276 g/mol. The van der Waals surface area contributed by atoms with Crippen molar-refractivity contribution in [1.82, 2.24) is 0 Å². The number of phenolic OH excluding ortho intramolecular Hbond substituents is 1. The summed E-state index contributed by atoms with van der Waals surface area (Å²) in [5.74, 6) is -2.00. The maximum Gasteiger partial charge on any atom is 0.416 e. The van der Waals surface area contributed by atoms with Crippen LogP contribution in [0.1, 0.15) is 28.8 Å². The molecule has 7 heteroatoms. The maximum atomic E-state index is 12.3. The van der Waals surface area contributed by atoms with Gasteiger partial charge in [-0.05, 0) is 18.2 Å². The highest BCUT2D eigenvalue weighted by molar-refractivity contribution is 5.99. The van der Waals surface area contributed by atoms with Crippen molar-refractivity contribution < 1.29 is 32.6 Å². The number of hydrogen-bond donors (Lipinski definition) is 1. The number of carbonyl (C=O) groups excluding carboxylic acids is 2. The van der Waals surface area contributed by atoms with Crippen molar-refractivity contribution in [2.45, 2.75) is 19.0 Å². The van der Waals surface area contributed by atoms with Crippen molar-refractivity contribution in [2.75, 3.05) is 7.11 Å². The van der Waals surface area contributed by atoms with Gasteiger partial charge in [0, 0.05) is 6.42 Å². The van der Waals surface area contributed by atoms with Gasteiger partial charge in [-0.25, -0.2) is 0 Å². The van der Waals surface area contributed by atoms with Crippen LogP contribution in [0.4, 0.5) is 13.2 Å². The molecule has 1 N–H and O–H groups in total. The van der Waals surface area contributed by atoms with E-state index >= 15 is 0 Å². The van der Waals surface area contributed by atoms with Crippen molar-refractivity contribution in [2.24, 2.45) is 0 Å². The van der Waals surface area contributed by atoms with E-state index in [2.05, 4.69) is 4.74 Å². The molecular formula is C12H11F3O4. The standard InChI is InChI=1S/C12H11F3O4/c1-19-11(18)5-4-9(16)8-3-2-7(6-10(8)17)12(13,14)15/h2-3,6,17H,4-5H2,1H3. The van der Waals surface area contributed by atoms with Crippen LogP contribution in [0.15, 0.2) is 18.2 Å². The van der Waals surface area contributed by atoms with Crippen LogP contribution in [-0.2, 0) is 15.7 Å². The number of halogens is 3. The second-order valence-corrected chi connectivity index (χ2v) is 3.73. The molecule has 19 heavy (non-hydrogen) atoms. The average molecular weight is 276 g/mol. The molecule has 0 bridgehead atoms. The molecule has 0 radical (unpaired) electrons. The summed E-state index contributed by atoms with van der Waals surface area (Å²) in [7, 11) is 1.16. The Hall–Kier alpha value is -2.05. The summed E-state index contributed by atoms with van der Waals surface area (Å²) in [6, 6.07) is 2.06. The van der Waals surface area contributed by atoms with E-state index in [0.717, 1.165) is 13.2 Å². The van der Waals surface area contributed by atoms with Gasteiger partial charge in [0.25, 0.3) is 0 Å². The lowest BCUT2D eigenvalue weighted by Gasteiger charge is -2.09. The van der Waals surface area contributed by atoms with E-state index in [4.69, 9.17) is 0 Å². The SMILES string of the molecule is COC(=O)CCC(=O)c1ccc(C(F)(F)F)cc1O. The Balaban J connectivity index is 2.85. The number of benzene rings is 1. The van der Waals surface area contributed by atoms with E-state index in [1.807, 2.05) is 0 Å². The smallest absolute Gasteiger partial charge is 0.416 e. The number of alkyl halides is 3. The Bertz CT molecular complexity index is 494. The maximum absolute atomic E-state index is 12.3. The number of esters is 1. The highest BCUT2D eigenvalue weighted by atomic mass is 19.4. The molecule has 0 aliphatic heterocycles.